The van der Waals surface area contributed by atoms with Crippen molar-refractivity contribution in [2.24, 2.45) is 0 Å². The third-order valence-electron chi connectivity index (χ3n) is 4.78. The zero-order valence-corrected chi connectivity index (χ0v) is 16.9. The van der Waals surface area contributed by atoms with Gasteiger partial charge in [-0.2, -0.15) is 13.2 Å². The second-order valence-corrected chi connectivity index (χ2v) is 7.55. The van der Waals surface area contributed by atoms with Crippen LogP contribution in [0.4, 0.5) is 17.6 Å². The van der Waals surface area contributed by atoms with Crippen LogP contribution in [-0.4, -0.2) is 23.6 Å². The molecule has 3 aromatic carbocycles. The van der Waals surface area contributed by atoms with Crippen molar-refractivity contribution < 1.29 is 22.7 Å². The highest BCUT2D eigenvalue weighted by molar-refractivity contribution is 6.30. The molecule has 0 fully saturated rings. The molecule has 0 heterocycles. The third-order valence-corrected chi connectivity index (χ3v) is 5.03. The molecule has 30 heavy (non-hydrogen) atoms. The number of rotatable bonds is 6. The third kappa shape index (κ3) is 5.39. The number of aliphatic hydroxyl groups excluding tert-OH is 1. The lowest BCUT2D eigenvalue weighted by atomic mass is 9.98. The van der Waals surface area contributed by atoms with Crippen molar-refractivity contribution in [1.82, 2.24) is 4.90 Å². The Morgan fingerprint density at radius 1 is 1.00 bits per heavy atom. The van der Waals surface area contributed by atoms with Crippen LogP contribution in [0.5, 0.6) is 0 Å². The number of hydrogen-bond donors (Lipinski definition) is 1. The summed E-state index contributed by atoms with van der Waals surface area (Å²) in [6.07, 6.45) is -5.31. The summed E-state index contributed by atoms with van der Waals surface area (Å²) in [4.78, 5) is 1.74. The Labute approximate surface area is 177 Å². The van der Waals surface area contributed by atoms with Gasteiger partial charge in [-0.1, -0.05) is 54.1 Å². The minimum absolute atomic E-state index is 0.0676. The molecule has 3 aromatic rings. The molecule has 0 aliphatic heterocycles. The number of hydrogen-bond acceptors (Lipinski definition) is 2. The van der Waals surface area contributed by atoms with Crippen molar-refractivity contribution in [1.29, 1.82) is 0 Å². The molecule has 0 amide bonds. The fourth-order valence-electron chi connectivity index (χ4n) is 3.27. The fourth-order valence-corrected chi connectivity index (χ4v) is 3.39. The molecule has 0 saturated heterocycles. The first kappa shape index (κ1) is 22.3. The van der Waals surface area contributed by atoms with Crippen molar-refractivity contribution in [3.63, 3.8) is 0 Å². The molecule has 0 aliphatic rings. The summed E-state index contributed by atoms with van der Waals surface area (Å²) >= 11 is 5.84. The first-order valence-corrected chi connectivity index (χ1v) is 9.60. The Kier molecular flexibility index (Phi) is 6.81. The predicted molar refractivity (Wildman–Crippen MR) is 110 cm³/mol. The number of aliphatic hydroxyl groups is 1. The molecule has 1 atom stereocenters. The first-order valence-electron chi connectivity index (χ1n) is 9.22. The van der Waals surface area contributed by atoms with Gasteiger partial charge < -0.3 is 5.11 Å². The Morgan fingerprint density at radius 2 is 1.67 bits per heavy atom. The summed E-state index contributed by atoms with van der Waals surface area (Å²) < 4.78 is 54.4. The molecule has 0 bridgehead atoms. The molecule has 0 aliphatic carbocycles. The quantitative estimate of drug-likeness (QED) is 0.455. The molecule has 7 heteroatoms. The lowest BCUT2D eigenvalue weighted by molar-refractivity contribution is -0.137. The average molecular weight is 438 g/mol. The number of benzene rings is 3. The first-order chi connectivity index (χ1) is 14.1. The summed E-state index contributed by atoms with van der Waals surface area (Å²) in [5, 5.41) is 10.9. The summed E-state index contributed by atoms with van der Waals surface area (Å²) in [7, 11) is 1.73. The molecule has 3 rings (SSSR count). The van der Waals surface area contributed by atoms with Gasteiger partial charge in [0, 0.05) is 23.7 Å². The smallest absolute Gasteiger partial charge is 0.387 e. The van der Waals surface area contributed by atoms with Crippen molar-refractivity contribution in [2.45, 2.75) is 18.8 Å². The standard InChI is InChI=1S/C23H20ClF4NO/c1-29(14-22(30)15-8-10-18(24)11-9-15)13-17-7-6-16(12-21(17)25)19-4-2-3-5-20(19)23(26,27)28/h2-12,22,30H,13-14H2,1H3. The zero-order valence-electron chi connectivity index (χ0n) is 16.1. The lowest BCUT2D eigenvalue weighted by Crippen LogP contribution is -2.24. The van der Waals surface area contributed by atoms with Gasteiger partial charge in [-0.25, -0.2) is 4.39 Å². The lowest BCUT2D eigenvalue weighted by Gasteiger charge is -2.21. The Balaban J connectivity index is 1.74. The van der Waals surface area contributed by atoms with Gasteiger partial charge in [0.2, 0.25) is 0 Å². The van der Waals surface area contributed by atoms with Gasteiger partial charge in [-0.3, -0.25) is 4.90 Å². The van der Waals surface area contributed by atoms with E-state index in [4.69, 9.17) is 11.6 Å². The summed E-state index contributed by atoms with van der Waals surface area (Å²) in [5.74, 6) is -0.600. The molecule has 0 saturated carbocycles. The van der Waals surface area contributed by atoms with Gasteiger partial charge in [0.25, 0.3) is 0 Å². The summed E-state index contributed by atoms with van der Waals surface area (Å²) in [5.41, 5.74) is 0.301. The molecule has 0 spiro atoms. The fraction of sp³-hybridized carbons (Fsp3) is 0.217. The molecule has 2 nitrogen and oxygen atoms in total. The van der Waals surface area contributed by atoms with E-state index in [2.05, 4.69) is 0 Å². The van der Waals surface area contributed by atoms with E-state index in [0.29, 0.717) is 16.1 Å². The minimum atomic E-state index is -4.52. The topological polar surface area (TPSA) is 23.5 Å². The highest BCUT2D eigenvalue weighted by Gasteiger charge is 2.33. The van der Waals surface area contributed by atoms with Crippen molar-refractivity contribution in [3.05, 3.63) is 94.3 Å². The maximum absolute atomic E-state index is 14.6. The predicted octanol–water partition coefficient (Wildman–Crippen LogP) is 6.33. The average Bonchev–Trinajstić information content (AvgIpc) is 2.69. The van der Waals surface area contributed by atoms with Gasteiger partial charge in [-0.15, -0.1) is 0 Å². The van der Waals surface area contributed by atoms with E-state index in [-0.39, 0.29) is 24.2 Å². The normalized spacial score (nSPS) is 12.9. The number of likely N-dealkylation sites (N-methyl/N-ethyl adjacent to an activating group) is 1. The van der Waals surface area contributed by atoms with E-state index in [1.807, 2.05) is 0 Å². The highest BCUT2D eigenvalue weighted by Crippen LogP contribution is 2.37. The van der Waals surface area contributed by atoms with Crippen LogP contribution in [0.15, 0.2) is 66.7 Å². The SMILES string of the molecule is CN(Cc1ccc(-c2ccccc2C(F)(F)F)cc1F)CC(O)c1ccc(Cl)cc1. The Hall–Kier alpha value is -2.41. The van der Waals surface area contributed by atoms with Crippen LogP contribution in [0.2, 0.25) is 5.02 Å². The molecular weight excluding hydrogens is 418 g/mol. The summed E-state index contributed by atoms with van der Waals surface area (Å²) in [6.45, 7) is 0.442. The largest absolute Gasteiger partial charge is 0.417 e. The molecule has 0 radical (unpaired) electrons. The number of alkyl halides is 3. The molecule has 0 aromatic heterocycles. The highest BCUT2D eigenvalue weighted by atomic mass is 35.5. The monoisotopic (exact) mass is 437 g/mol. The zero-order chi connectivity index (χ0) is 21.9. The van der Waals surface area contributed by atoms with Gasteiger partial charge in [-0.05, 0) is 48.0 Å². The molecule has 158 valence electrons. The van der Waals surface area contributed by atoms with E-state index in [1.165, 1.54) is 30.3 Å². The van der Waals surface area contributed by atoms with E-state index in [1.54, 1.807) is 36.2 Å². The maximum Gasteiger partial charge on any atom is 0.417 e. The van der Waals surface area contributed by atoms with Gasteiger partial charge in [0.1, 0.15) is 5.82 Å². The van der Waals surface area contributed by atoms with Crippen LogP contribution in [0.25, 0.3) is 11.1 Å². The summed E-state index contributed by atoms with van der Waals surface area (Å²) in [6, 6.07) is 16.0. The molecule has 1 unspecified atom stereocenters. The van der Waals surface area contributed by atoms with E-state index < -0.39 is 23.7 Å². The van der Waals surface area contributed by atoms with Crippen molar-refractivity contribution >= 4 is 11.6 Å². The Morgan fingerprint density at radius 3 is 2.30 bits per heavy atom. The van der Waals surface area contributed by atoms with Crippen molar-refractivity contribution in [3.8, 4) is 11.1 Å². The van der Waals surface area contributed by atoms with Gasteiger partial charge >= 0.3 is 6.18 Å². The minimum Gasteiger partial charge on any atom is -0.387 e. The van der Waals surface area contributed by atoms with Crippen LogP contribution in [0.3, 0.4) is 0 Å². The van der Waals surface area contributed by atoms with E-state index in [0.717, 1.165) is 12.1 Å². The van der Waals surface area contributed by atoms with E-state index >= 15 is 0 Å². The van der Waals surface area contributed by atoms with Crippen LogP contribution in [0, 0.1) is 5.82 Å². The Bertz CT molecular complexity index is 1000. The number of nitrogens with zero attached hydrogens (tertiary/aromatic N) is 1. The van der Waals surface area contributed by atoms with Crippen LogP contribution in [-0.2, 0) is 12.7 Å². The molecule has 1 N–H and O–H groups in total. The van der Waals surface area contributed by atoms with Crippen LogP contribution in [0.1, 0.15) is 22.8 Å². The second kappa shape index (κ2) is 9.16. The van der Waals surface area contributed by atoms with E-state index in [9.17, 15) is 22.7 Å². The van der Waals surface area contributed by atoms with Crippen molar-refractivity contribution in [2.75, 3.05) is 13.6 Å². The maximum atomic E-state index is 14.6. The van der Waals surface area contributed by atoms with Gasteiger partial charge in [0.15, 0.2) is 0 Å². The number of halogens is 5. The van der Waals surface area contributed by atoms with Gasteiger partial charge in [0.05, 0.1) is 11.7 Å². The van der Waals surface area contributed by atoms with Crippen LogP contribution < -0.4 is 0 Å². The van der Waals surface area contributed by atoms with Crippen LogP contribution >= 0.6 is 11.6 Å². The molecular formula is C23H20ClF4NO. The second-order valence-electron chi connectivity index (χ2n) is 7.11.